The monoisotopic (exact) mass is 339 g/mol. The fourth-order valence-corrected chi connectivity index (χ4v) is 3.44. The molecule has 1 atom stereocenters. The standard InChI is InChI=1S/C19H17NO5/c21-17(22)19(24)6-5-13-7-11(1-2-14(13)9-19)12-3-4-16-15(8-12)10-25-18(23)20-16/h1-4,7-8,24H,5-6,9-10H2,(H,20,23)(H,21,22). The highest BCUT2D eigenvalue weighted by molar-refractivity contribution is 5.88. The van der Waals surface area contributed by atoms with Crippen LogP contribution in [-0.4, -0.2) is 27.9 Å². The average Bonchev–Trinajstić information content (AvgIpc) is 2.60. The van der Waals surface area contributed by atoms with Gasteiger partial charge in [0.05, 0.1) is 5.69 Å². The van der Waals surface area contributed by atoms with Gasteiger partial charge in [-0.05, 0) is 47.2 Å². The summed E-state index contributed by atoms with van der Waals surface area (Å²) in [5, 5.41) is 22.0. The molecule has 1 aliphatic carbocycles. The molecule has 1 amide bonds. The molecule has 1 aliphatic heterocycles. The van der Waals surface area contributed by atoms with Crippen molar-refractivity contribution in [1.82, 2.24) is 0 Å². The Balaban J connectivity index is 1.65. The number of aryl methyl sites for hydroxylation is 1. The van der Waals surface area contributed by atoms with Crippen LogP contribution in [0, 0.1) is 0 Å². The second kappa shape index (κ2) is 5.60. The van der Waals surface area contributed by atoms with Gasteiger partial charge in [0.2, 0.25) is 0 Å². The van der Waals surface area contributed by atoms with Gasteiger partial charge in [-0.25, -0.2) is 9.59 Å². The average molecular weight is 339 g/mol. The summed E-state index contributed by atoms with van der Waals surface area (Å²) in [5.74, 6) is -1.17. The van der Waals surface area contributed by atoms with Crippen LogP contribution in [-0.2, 0) is 29.0 Å². The van der Waals surface area contributed by atoms with E-state index >= 15 is 0 Å². The molecule has 0 saturated heterocycles. The smallest absolute Gasteiger partial charge is 0.411 e. The van der Waals surface area contributed by atoms with Crippen LogP contribution in [0.15, 0.2) is 36.4 Å². The molecule has 6 heteroatoms. The van der Waals surface area contributed by atoms with Gasteiger partial charge < -0.3 is 14.9 Å². The van der Waals surface area contributed by atoms with Crippen LogP contribution < -0.4 is 5.32 Å². The van der Waals surface area contributed by atoms with Gasteiger partial charge in [0, 0.05) is 12.0 Å². The number of carbonyl (C=O) groups is 2. The van der Waals surface area contributed by atoms with E-state index in [0.717, 1.165) is 33.5 Å². The molecular weight excluding hydrogens is 322 g/mol. The molecular formula is C19H17NO5. The lowest BCUT2D eigenvalue weighted by Gasteiger charge is -2.30. The molecule has 2 aromatic rings. The van der Waals surface area contributed by atoms with Gasteiger partial charge in [0.15, 0.2) is 5.60 Å². The minimum absolute atomic E-state index is 0.127. The maximum atomic E-state index is 11.2. The summed E-state index contributed by atoms with van der Waals surface area (Å²) >= 11 is 0. The Morgan fingerprint density at radius 2 is 1.80 bits per heavy atom. The fraction of sp³-hybridized carbons (Fsp3) is 0.263. The number of carboxylic acid groups (broad SMARTS) is 1. The molecule has 0 saturated carbocycles. The van der Waals surface area contributed by atoms with E-state index in [2.05, 4.69) is 5.32 Å². The van der Waals surface area contributed by atoms with Crippen LogP contribution >= 0.6 is 0 Å². The minimum Gasteiger partial charge on any atom is -0.479 e. The van der Waals surface area contributed by atoms with E-state index in [-0.39, 0.29) is 19.4 Å². The molecule has 6 nitrogen and oxygen atoms in total. The maximum absolute atomic E-state index is 11.2. The molecule has 4 rings (SSSR count). The Hall–Kier alpha value is -2.86. The predicted molar refractivity (Wildman–Crippen MR) is 90.3 cm³/mol. The van der Waals surface area contributed by atoms with E-state index in [1.54, 1.807) is 0 Å². The Bertz CT molecular complexity index is 891. The normalized spacial score (nSPS) is 21.6. The number of benzene rings is 2. The molecule has 0 bridgehead atoms. The second-order valence-electron chi connectivity index (χ2n) is 6.57. The molecule has 1 unspecified atom stereocenters. The number of aliphatic hydroxyl groups is 1. The largest absolute Gasteiger partial charge is 0.479 e. The van der Waals surface area contributed by atoms with Crippen LogP contribution in [0.3, 0.4) is 0 Å². The molecule has 1 heterocycles. The highest BCUT2D eigenvalue weighted by Gasteiger charge is 2.39. The Labute approximate surface area is 144 Å². The lowest BCUT2D eigenvalue weighted by Crippen LogP contribution is -2.43. The van der Waals surface area contributed by atoms with Gasteiger partial charge in [-0.15, -0.1) is 0 Å². The molecule has 0 spiro atoms. The second-order valence-corrected chi connectivity index (χ2v) is 6.57. The third kappa shape index (κ3) is 2.74. The van der Waals surface area contributed by atoms with E-state index in [9.17, 15) is 19.8 Å². The van der Waals surface area contributed by atoms with Gasteiger partial charge in [0.1, 0.15) is 6.61 Å². The number of hydrogen-bond acceptors (Lipinski definition) is 4. The number of amides is 1. The first kappa shape index (κ1) is 15.7. The third-order valence-corrected chi connectivity index (χ3v) is 4.93. The number of carbonyl (C=O) groups excluding carboxylic acids is 1. The van der Waals surface area contributed by atoms with Crippen molar-refractivity contribution < 1.29 is 24.5 Å². The highest BCUT2D eigenvalue weighted by atomic mass is 16.5. The molecule has 2 aromatic carbocycles. The lowest BCUT2D eigenvalue weighted by atomic mass is 9.79. The number of carboxylic acids is 1. The van der Waals surface area contributed by atoms with Crippen molar-refractivity contribution in [2.75, 3.05) is 5.32 Å². The van der Waals surface area contributed by atoms with Crippen molar-refractivity contribution in [2.24, 2.45) is 0 Å². The van der Waals surface area contributed by atoms with Crippen LogP contribution in [0.25, 0.3) is 11.1 Å². The summed E-state index contributed by atoms with van der Waals surface area (Å²) in [7, 11) is 0. The SMILES string of the molecule is O=C1Nc2ccc(-c3ccc4c(c3)CCC(O)(C(=O)O)C4)cc2CO1. The summed E-state index contributed by atoms with van der Waals surface area (Å²) < 4.78 is 5.00. The Kier molecular flexibility index (Phi) is 3.51. The van der Waals surface area contributed by atoms with Gasteiger partial charge in [-0.1, -0.05) is 24.3 Å². The molecule has 0 aromatic heterocycles. The number of ether oxygens (including phenoxy) is 1. The topological polar surface area (TPSA) is 95.9 Å². The van der Waals surface area contributed by atoms with Crippen molar-refractivity contribution in [1.29, 1.82) is 0 Å². The zero-order valence-electron chi connectivity index (χ0n) is 13.4. The summed E-state index contributed by atoms with van der Waals surface area (Å²) in [6.45, 7) is 0.242. The van der Waals surface area contributed by atoms with Crippen molar-refractivity contribution >= 4 is 17.7 Å². The molecule has 0 fully saturated rings. The number of rotatable bonds is 2. The molecule has 0 radical (unpaired) electrons. The van der Waals surface area contributed by atoms with E-state index in [0.29, 0.717) is 6.42 Å². The first-order valence-electron chi connectivity index (χ1n) is 8.09. The fourth-order valence-electron chi connectivity index (χ4n) is 3.44. The highest BCUT2D eigenvalue weighted by Crippen LogP contribution is 2.34. The van der Waals surface area contributed by atoms with Crippen LogP contribution in [0.4, 0.5) is 10.5 Å². The molecule has 3 N–H and O–H groups in total. The van der Waals surface area contributed by atoms with Crippen molar-refractivity contribution in [3.05, 3.63) is 53.1 Å². The molecule has 128 valence electrons. The maximum Gasteiger partial charge on any atom is 0.411 e. The van der Waals surface area contributed by atoms with E-state index in [1.807, 2.05) is 36.4 Å². The lowest BCUT2D eigenvalue weighted by molar-refractivity contribution is -0.159. The number of aliphatic carboxylic acids is 1. The Morgan fingerprint density at radius 1 is 1.08 bits per heavy atom. The zero-order chi connectivity index (χ0) is 17.6. The third-order valence-electron chi connectivity index (χ3n) is 4.93. The van der Waals surface area contributed by atoms with Crippen molar-refractivity contribution in [3.8, 4) is 11.1 Å². The molecule has 25 heavy (non-hydrogen) atoms. The van der Waals surface area contributed by atoms with Gasteiger partial charge in [-0.3, -0.25) is 5.32 Å². The predicted octanol–water partition coefficient (Wildman–Crippen LogP) is 2.72. The van der Waals surface area contributed by atoms with Crippen molar-refractivity contribution in [3.63, 3.8) is 0 Å². The summed E-state index contributed by atoms with van der Waals surface area (Å²) in [4.78, 5) is 22.5. The number of hydrogen-bond donors (Lipinski definition) is 3. The van der Waals surface area contributed by atoms with Gasteiger partial charge >= 0.3 is 12.1 Å². The summed E-state index contributed by atoms with van der Waals surface area (Å²) in [6.07, 6.45) is 0.418. The number of nitrogens with one attached hydrogen (secondary N) is 1. The number of fused-ring (bicyclic) bond motifs is 2. The number of cyclic esters (lactones) is 1. The van der Waals surface area contributed by atoms with Gasteiger partial charge in [0.25, 0.3) is 0 Å². The van der Waals surface area contributed by atoms with Crippen LogP contribution in [0.1, 0.15) is 23.1 Å². The van der Waals surface area contributed by atoms with E-state index < -0.39 is 17.7 Å². The minimum atomic E-state index is -1.67. The molecule has 2 aliphatic rings. The van der Waals surface area contributed by atoms with Crippen LogP contribution in [0.2, 0.25) is 0 Å². The first-order chi connectivity index (χ1) is 11.9. The van der Waals surface area contributed by atoms with E-state index in [4.69, 9.17) is 4.74 Å². The van der Waals surface area contributed by atoms with Crippen molar-refractivity contribution in [2.45, 2.75) is 31.5 Å². The zero-order valence-corrected chi connectivity index (χ0v) is 13.4. The first-order valence-corrected chi connectivity index (χ1v) is 8.09. The summed E-state index contributed by atoms with van der Waals surface area (Å²) in [6, 6.07) is 11.6. The number of anilines is 1. The van der Waals surface area contributed by atoms with Gasteiger partial charge in [-0.2, -0.15) is 0 Å². The van der Waals surface area contributed by atoms with Crippen LogP contribution in [0.5, 0.6) is 0 Å². The van der Waals surface area contributed by atoms with E-state index in [1.165, 1.54) is 0 Å². The quantitative estimate of drug-likeness (QED) is 0.782. The Morgan fingerprint density at radius 3 is 2.56 bits per heavy atom. The summed E-state index contributed by atoms with van der Waals surface area (Å²) in [5.41, 5.74) is 3.94.